The molecule has 5 aromatic rings. The van der Waals surface area contributed by atoms with Crippen LogP contribution in [0, 0.1) is 3.57 Å². The Morgan fingerprint density at radius 2 is 1.83 bits per heavy atom. The summed E-state index contributed by atoms with van der Waals surface area (Å²) in [5, 5.41) is 2.44. The number of nitrogens with zero attached hydrogens (tertiary/aromatic N) is 2. The number of hydrogen-bond acceptors (Lipinski definition) is 6. The van der Waals surface area contributed by atoms with Crippen LogP contribution in [-0.4, -0.2) is 23.3 Å². The molecule has 0 N–H and O–H groups in total. The molecule has 240 valence electrons. The Labute approximate surface area is 297 Å². The van der Waals surface area contributed by atoms with Gasteiger partial charge < -0.3 is 9.47 Å². The van der Waals surface area contributed by atoms with Crippen molar-refractivity contribution in [1.29, 1.82) is 0 Å². The highest BCUT2D eigenvalue weighted by Gasteiger charge is 2.45. The van der Waals surface area contributed by atoms with Crippen molar-refractivity contribution in [3.8, 4) is 5.75 Å². The molecule has 6 rings (SSSR count). The number of benzene rings is 4. The summed E-state index contributed by atoms with van der Waals surface area (Å²) in [5.74, 6) is -0.728. The normalized spacial score (nSPS) is 15.0. The van der Waals surface area contributed by atoms with Crippen molar-refractivity contribution in [2.45, 2.75) is 25.7 Å². The molecule has 0 saturated heterocycles. The van der Waals surface area contributed by atoms with E-state index in [4.69, 9.17) is 21.1 Å². The molecule has 0 amide bonds. The Morgan fingerprint density at radius 1 is 1.11 bits per heavy atom. The van der Waals surface area contributed by atoms with Gasteiger partial charge in [-0.3, -0.25) is 9.36 Å². The lowest BCUT2D eigenvalue weighted by molar-refractivity contribution is -0.140. The molecule has 1 aromatic heterocycles. The van der Waals surface area contributed by atoms with Crippen molar-refractivity contribution in [2.75, 3.05) is 6.61 Å². The quantitative estimate of drug-likeness (QED) is 0.123. The number of rotatable bonds is 7. The van der Waals surface area contributed by atoms with Crippen LogP contribution in [0.3, 0.4) is 0 Å². The summed E-state index contributed by atoms with van der Waals surface area (Å²) in [4.78, 5) is 30.8. The number of thiazole rings is 1. The predicted octanol–water partition coefficient (Wildman–Crippen LogP) is 8.09. The van der Waals surface area contributed by atoms with E-state index in [9.17, 15) is 22.8 Å². The smallest absolute Gasteiger partial charge is 0.434 e. The molecular formula is C34H22BrClF3IN2O4S. The van der Waals surface area contributed by atoms with Crippen LogP contribution in [0.1, 0.15) is 29.7 Å². The highest BCUT2D eigenvalue weighted by molar-refractivity contribution is 14.1. The third kappa shape index (κ3) is 6.78. The fourth-order valence-electron chi connectivity index (χ4n) is 5.35. The van der Waals surface area contributed by atoms with Crippen LogP contribution < -0.4 is 19.6 Å². The second-order valence-electron chi connectivity index (χ2n) is 10.3. The van der Waals surface area contributed by atoms with Crippen LogP contribution in [0.25, 0.3) is 16.8 Å². The van der Waals surface area contributed by atoms with E-state index >= 15 is 0 Å². The fourth-order valence-corrected chi connectivity index (χ4v) is 8.17. The number of hydrogen-bond donors (Lipinski definition) is 0. The summed E-state index contributed by atoms with van der Waals surface area (Å²) in [6.45, 7) is 1.54. The number of carbonyl (C=O) groups is 1. The molecule has 47 heavy (non-hydrogen) atoms. The Bertz CT molecular complexity index is 2250. The molecule has 0 saturated carbocycles. The first-order valence-electron chi connectivity index (χ1n) is 14.1. The van der Waals surface area contributed by atoms with Crippen molar-refractivity contribution in [1.82, 2.24) is 4.57 Å². The van der Waals surface area contributed by atoms with Crippen molar-refractivity contribution in [3.05, 3.63) is 140 Å². The second-order valence-corrected chi connectivity index (χ2v) is 13.9. The van der Waals surface area contributed by atoms with Crippen molar-refractivity contribution in [2.24, 2.45) is 4.99 Å². The van der Waals surface area contributed by atoms with Gasteiger partial charge >= 0.3 is 12.1 Å². The van der Waals surface area contributed by atoms with Gasteiger partial charge in [0.1, 0.15) is 12.4 Å². The van der Waals surface area contributed by atoms with Gasteiger partial charge in [0.25, 0.3) is 5.56 Å². The number of aromatic nitrogens is 1. The van der Waals surface area contributed by atoms with Crippen LogP contribution in [0.5, 0.6) is 5.75 Å². The SMILES string of the molecule is CCOC(=O)C1=C(C(F)(F)F)N=c2s/c(=C\c3cc(Br)cc(I)c3OCc3cccc4ccccc34)c(=O)n2[C@H]1c1ccc(Cl)cc1. The van der Waals surface area contributed by atoms with Gasteiger partial charge in [-0.05, 0) is 81.8 Å². The molecule has 0 spiro atoms. The minimum atomic E-state index is -5.01. The van der Waals surface area contributed by atoms with Crippen LogP contribution in [0.2, 0.25) is 5.02 Å². The van der Waals surface area contributed by atoms with Gasteiger partial charge in [-0.1, -0.05) is 93.5 Å². The van der Waals surface area contributed by atoms with Gasteiger partial charge in [0.2, 0.25) is 0 Å². The van der Waals surface area contributed by atoms with Gasteiger partial charge in [0.15, 0.2) is 10.5 Å². The molecule has 0 bridgehead atoms. The van der Waals surface area contributed by atoms with Crippen LogP contribution in [-0.2, 0) is 16.1 Å². The second kappa shape index (κ2) is 13.6. The molecule has 1 atom stereocenters. The highest BCUT2D eigenvalue weighted by atomic mass is 127. The van der Waals surface area contributed by atoms with Crippen LogP contribution >= 0.6 is 61.5 Å². The molecule has 0 radical (unpaired) electrons. The lowest BCUT2D eigenvalue weighted by Gasteiger charge is -2.26. The van der Waals surface area contributed by atoms with Crippen molar-refractivity contribution >= 4 is 84.3 Å². The fraction of sp³-hybridized carbons (Fsp3) is 0.147. The largest absolute Gasteiger partial charge is 0.487 e. The van der Waals surface area contributed by atoms with Crippen LogP contribution in [0.4, 0.5) is 13.2 Å². The van der Waals surface area contributed by atoms with Gasteiger partial charge in [0.05, 0.1) is 26.3 Å². The average molecular weight is 854 g/mol. The molecule has 4 aromatic carbocycles. The standard InChI is InChI=1S/C34H22BrClF3IN2O4S/c1-2-45-32(44)27-28(19-10-12-23(36)13-11-19)42-31(43)26(47-33(42)41-30(27)34(37,38)39)15-21-14-22(35)16-25(40)29(21)46-17-20-8-5-7-18-6-3-4-9-24(18)20/h3-16,28H,2,17H2,1H3/b26-15-/t28-/m0/s1. The third-order valence-corrected chi connectivity index (χ3v) is 9.85. The van der Waals surface area contributed by atoms with Crippen molar-refractivity contribution in [3.63, 3.8) is 0 Å². The maximum atomic E-state index is 14.5. The highest BCUT2D eigenvalue weighted by Crippen LogP contribution is 2.39. The van der Waals surface area contributed by atoms with Crippen LogP contribution in [0.15, 0.2) is 104 Å². The zero-order chi connectivity index (χ0) is 33.5. The predicted molar refractivity (Wildman–Crippen MR) is 187 cm³/mol. The average Bonchev–Trinajstić information content (AvgIpc) is 3.34. The molecular weight excluding hydrogens is 832 g/mol. The lowest BCUT2D eigenvalue weighted by atomic mass is 9.95. The van der Waals surface area contributed by atoms with E-state index in [1.54, 1.807) is 12.1 Å². The molecule has 0 aliphatic carbocycles. The minimum absolute atomic E-state index is 0.0956. The Balaban J connectivity index is 1.52. The summed E-state index contributed by atoms with van der Waals surface area (Å²) < 4.78 is 57.4. The van der Waals surface area contributed by atoms with Gasteiger partial charge in [0, 0.05) is 15.1 Å². The third-order valence-electron chi connectivity index (χ3n) is 7.36. The zero-order valence-corrected chi connectivity index (χ0v) is 29.6. The molecule has 2 heterocycles. The number of ether oxygens (including phenoxy) is 2. The van der Waals surface area contributed by atoms with Gasteiger partial charge in [-0.15, -0.1) is 0 Å². The van der Waals surface area contributed by atoms with E-state index in [-0.39, 0.29) is 28.1 Å². The van der Waals surface area contributed by atoms with Gasteiger partial charge in [-0.2, -0.15) is 13.2 Å². The summed E-state index contributed by atoms with van der Waals surface area (Å²) in [5.41, 5.74) is -1.11. The Hall–Kier alpha value is -3.46. The van der Waals surface area contributed by atoms with Crippen molar-refractivity contribution < 1.29 is 27.4 Å². The molecule has 0 unspecified atom stereocenters. The monoisotopic (exact) mass is 852 g/mol. The van der Waals surface area contributed by atoms with E-state index in [1.807, 2.05) is 48.5 Å². The van der Waals surface area contributed by atoms with E-state index < -0.39 is 35.0 Å². The number of esters is 1. The molecule has 1 aliphatic heterocycles. The first kappa shape index (κ1) is 33.4. The first-order chi connectivity index (χ1) is 22.5. The Morgan fingerprint density at radius 3 is 2.55 bits per heavy atom. The number of fused-ring (bicyclic) bond motifs is 2. The number of halogens is 6. The maximum Gasteiger partial charge on any atom is 0.434 e. The van der Waals surface area contributed by atoms with E-state index in [2.05, 4.69) is 43.5 Å². The Kier molecular flexibility index (Phi) is 9.66. The number of alkyl halides is 3. The van der Waals surface area contributed by atoms with E-state index in [0.717, 1.165) is 35.8 Å². The van der Waals surface area contributed by atoms with Gasteiger partial charge in [-0.25, -0.2) is 9.79 Å². The minimum Gasteiger partial charge on any atom is -0.487 e. The maximum absolute atomic E-state index is 14.5. The molecule has 6 nitrogen and oxygen atoms in total. The summed E-state index contributed by atoms with van der Waals surface area (Å²) in [6, 6.07) is 21.9. The molecule has 13 heteroatoms. The lowest BCUT2D eigenvalue weighted by Crippen LogP contribution is -2.41. The summed E-state index contributed by atoms with van der Waals surface area (Å²) in [7, 11) is 0. The van der Waals surface area contributed by atoms with E-state index in [1.165, 1.54) is 31.2 Å². The number of allylic oxidation sites excluding steroid dienone is 1. The molecule has 0 fully saturated rings. The summed E-state index contributed by atoms with van der Waals surface area (Å²) >= 11 is 12.5. The number of carbonyl (C=O) groups excluding carboxylic acids is 1. The first-order valence-corrected chi connectivity index (χ1v) is 17.2. The molecule has 1 aliphatic rings. The zero-order valence-electron chi connectivity index (χ0n) is 24.3. The summed E-state index contributed by atoms with van der Waals surface area (Å²) in [6.07, 6.45) is -3.44. The van der Waals surface area contributed by atoms with E-state index in [0.29, 0.717) is 20.8 Å². The topological polar surface area (TPSA) is 69.9 Å².